The number of piperidine rings is 1. The highest BCUT2D eigenvalue weighted by Gasteiger charge is 2.19. The average Bonchev–Trinajstić information content (AvgIpc) is 2.55. The standard InChI is InChI=1S/C18H25N3/c1-3-14-8-10-21(11-9-14)18-12-15(13-19-2)16-6-4-5-7-17(16)20-18/h4-7,12,14,19H,3,8-11,13H2,1-2H3. The molecular weight excluding hydrogens is 258 g/mol. The van der Waals surface area contributed by atoms with E-state index in [1.54, 1.807) is 0 Å². The Hall–Kier alpha value is -1.61. The fourth-order valence-corrected chi connectivity index (χ4v) is 3.30. The Morgan fingerprint density at radius 3 is 2.71 bits per heavy atom. The van der Waals surface area contributed by atoms with Crippen LogP contribution in [0.5, 0.6) is 0 Å². The minimum atomic E-state index is 0.890. The zero-order valence-electron chi connectivity index (χ0n) is 13.1. The smallest absolute Gasteiger partial charge is 0.129 e. The minimum absolute atomic E-state index is 0.890. The third kappa shape index (κ3) is 3.03. The van der Waals surface area contributed by atoms with Crippen LogP contribution in [0.3, 0.4) is 0 Å². The van der Waals surface area contributed by atoms with Crippen molar-refractivity contribution in [1.82, 2.24) is 10.3 Å². The maximum absolute atomic E-state index is 4.89. The first kappa shape index (κ1) is 14.3. The highest BCUT2D eigenvalue weighted by molar-refractivity contribution is 5.84. The molecule has 0 spiro atoms. The molecule has 1 aliphatic heterocycles. The van der Waals surface area contributed by atoms with E-state index in [4.69, 9.17) is 4.98 Å². The highest BCUT2D eigenvalue weighted by Crippen LogP contribution is 2.27. The Morgan fingerprint density at radius 1 is 1.24 bits per heavy atom. The minimum Gasteiger partial charge on any atom is -0.357 e. The van der Waals surface area contributed by atoms with E-state index >= 15 is 0 Å². The molecule has 1 aromatic carbocycles. The Morgan fingerprint density at radius 2 is 2.00 bits per heavy atom. The van der Waals surface area contributed by atoms with Gasteiger partial charge in [-0.1, -0.05) is 31.5 Å². The third-order valence-electron chi connectivity index (χ3n) is 4.67. The summed E-state index contributed by atoms with van der Waals surface area (Å²) in [5, 5.41) is 4.54. The number of nitrogens with one attached hydrogen (secondary N) is 1. The van der Waals surface area contributed by atoms with Crippen molar-refractivity contribution in [1.29, 1.82) is 0 Å². The highest BCUT2D eigenvalue weighted by atomic mass is 15.2. The van der Waals surface area contributed by atoms with Gasteiger partial charge in [0.2, 0.25) is 0 Å². The van der Waals surface area contributed by atoms with E-state index in [1.807, 2.05) is 7.05 Å². The van der Waals surface area contributed by atoms with E-state index in [1.165, 1.54) is 30.2 Å². The number of pyridine rings is 1. The van der Waals surface area contributed by atoms with Crippen LogP contribution in [0.15, 0.2) is 30.3 Å². The summed E-state index contributed by atoms with van der Waals surface area (Å²) in [7, 11) is 2.00. The first-order chi connectivity index (χ1) is 10.3. The van der Waals surface area contributed by atoms with Crippen molar-refractivity contribution >= 4 is 16.7 Å². The van der Waals surface area contributed by atoms with Gasteiger partial charge < -0.3 is 10.2 Å². The summed E-state index contributed by atoms with van der Waals surface area (Å²) in [5.41, 5.74) is 2.45. The van der Waals surface area contributed by atoms with Gasteiger partial charge in [-0.2, -0.15) is 0 Å². The predicted molar refractivity (Wildman–Crippen MR) is 89.7 cm³/mol. The molecule has 0 amide bonds. The van der Waals surface area contributed by atoms with Gasteiger partial charge in [0.1, 0.15) is 5.82 Å². The van der Waals surface area contributed by atoms with Gasteiger partial charge in [0.15, 0.2) is 0 Å². The molecule has 0 unspecified atom stereocenters. The van der Waals surface area contributed by atoms with E-state index in [9.17, 15) is 0 Å². The van der Waals surface area contributed by atoms with E-state index in [0.717, 1.165) is 36.9 Å². The lowest BCUT2D eigenvalue weighted by atomic mass is 9.94. The zero-order chi connectivity index (χ0) is 14.7. The van der Waals surface area contributed by atoms with Crippen molar-refractivity contribution < 1.29 is 0 Å². The molecule has 0 saturated carbocycles. The first-order valence-electron chi connectivity index (χ1n) is 8.10. The number of hydrogen-bond donors (Lipinski definition) is 1. The molecule has 1 saturated heterocycles. The molecule has 0 bridgehead atoms. The van der Waals surface area contributed by atoms with E-state index in [0.29, 0.717) is 0 Å². The van der Waals surface area contributed by atoms with Crippen LogP contribution >= 0.6 is 0 Å². The fourth-order valence-electron chi connectivity index (χ4n) is 3.30. The second-order valence-electron chi connectivity index (χ2n) is 6.03. The molecule has 0 radical (unpaired) electrons. The molecule has 2 heterocycles. The van der Waals surface area contributed by atoms with Gasteiger partial charge in [-0.25, -0.2) is 4.98 Å². The number of rotatable bonds is 4. The Labute approximate surface area is 127 Å². The molecule has 112 valence electrons. The number of anilines is 1. The van der Waals surface area contributed by atoms with E-state index < -0.39 is 0 Å². The normalized spacial score (nSPS) is 16.6. The summed E-state index contributed by atoms with van der Waals surface area (Å²) in [6.45, 7) is 5.48. The summed E-state index contributed by atoms with van der Waals surface area (Å²) in [5.74, 6) is 2.05. The number of nitrogens with zero attached hydrogens (tertiary/aromatic N) is 2. The number of para-hydroxylation sites is 1. The van der Waals surface area contributed by atoms with E-state index in [2.05, 4.69) is 47.5 Å². The van der Waals surface area contributed by atoms with Crippen LogP contribution < -0.4 is 10.2 Å². The average molecular weight is 283 g/mol. The lowest BCUT2D eigenvalue weighted by Gasteiger charge is -2.32. The molecule has 3 nitrogen and oxygen atoms in total. The summed E-state index contributed by atoms with van der Waals surface area (Å²) in [6, 6.07) is 10.7. The van der Waals surface area contributed by atoms with Crippen molar-refractivity contribution in [2.24, 2.45) is 5.92 Å². The Kier molecular flexibility index (Phi) is 4.39. The number of aromatic nitrogens is 1. The van der Waals surface area contributed by atoms with Crippen LogP contribution in [0.2, 0.25) is 0 Å². The van der Waals surface area contributed by atoms with E-state index in [-0.39, 0.29) is 0 Å². The van der Waals surface area contributed by atoms with Gasteiger partial charge in [0.25, 0.3) is 0 Å². The topological polar surface area (TPSA) is 28.2 Å². The molecule has 1 aromatic heterocycles. The van der Waals surface area contributed by atoms with Crippen LogP contribution in [-0.4, -0.2) is 25.1 Å². The van der Waals surface area contributed by atoms with Gasteiger partial charge in [0.05, 0.1) is 5.52 Å². The maximum Gasteiger partial charge on any atom is 0.129 e. The van der Waals surface area contributed by atoms with Gasteiger partial charge in [0, 0.05) is 25.0 Å². The SMILES string of the molecule is CCC1CCN(c2cc(CNC)c3ccccc3n2)CC1. The second-order valence-corrected chi connectivity index (χ2v) is 6.03. The van der Waals surface area contributed by atoms with Crippen molar-refractivity contribution in [3.8, 4) is 0 Å². The molecule has 1 N–H and O–H groups in total. The lowest BCUT2D eigenvalue weighted by molar-refractivity contribution is 0.394. The summed E-state index contributed by atoms with van der Waals surface area (Å²) in [6.07, 6.45) is 3.91. The van der Waals surface area contributed by atoms with Crippen molar-refractivity contribution in [3.05, 3.63) is 35.9 Å². The number of benzene rings is 1. The molecule has 2 aromatic rings. The summed E-state index contributed by atoms with van der Waals surface area (Å²) >= 11 is 0. The molecule has 3 heteroatoms. The van der Waals surface area contributed by atoms with Gasteiger partial charge in [-0.15, -0.1) is 0 Å². The summed E-state index contributed by atoms with van der Waals surface area (Å²) < 4.78 is 0. The van der Waals surface area contributed by atoms with Crippen LogP contribution in [0, 0.1) is 5.92 Å². The second kappa shape index (κ2) is 6.44. The fraction of sp³-hybridized carbons (Fsp3) is 0.500. The van der Waals surface area contributed by atoms with Gasteiger partial charge in [-0.05, 0) is 43.5 Å². The molecule has 1 fully saturated rings. The van der Waals surface area contributed by atoms with Crippen molar-refractivity contribution in [3.63, 3.8) is 0 Å². The Balaban J connectivity index is 1.92. The van der Waals surface area contributed by atoms with Crippen LogP contribution in [0.25, 0.3) is 10.9 Å². The monoisotopic (exact) mass is 283 g/mol. The first-order valence-corrected chi connectivity index (χ1v) is 8.10. The summed E-state index contributed by atoms with van der Waals surface area (Å²) in [4.78, 5) is 7.35. The zero-order valence-corrected chi connectivity index (χ0v) is 13.1. The maximum atomic E-state index is 4.89. The molecule has 0 atom stereocenters. The Bertz CT molecular complexity index is 600. The van der Waals surface area contributed by atoms with Crippen molar-refractivity contribution in [2.75, 3.05) is 25.0 Å². The van der Waals surface area contributed by atoms with Crippen LogP contribution in [0.4, 0.5) is 5.82 Å². The molecular formula is C18H25N3. The van der Waals surface area contributed by atoms with Crippen molar-refractivity contribution in [2.45, 2.75) is 32.7 Å². The van der Waals surface area contributed by atoms with Gasteiger partial charge >= 0.3 is 0 Å². The molecule has 3 rings (SSSR count). The largest absolute Gasteiger partial charge is 0.357 e. The quantitative estimate of drug-likeness (QED) is 0.929. The molecule has 1 aliphatic rings. The van der Waals surface area contributed by atoms with Gasteiger partial charge in [-0.3, -0.25) is 0 Å². The number of fused-ring (bicyclic) bond motifs is 1. The third-order valence-corrected chi connectivity index (χ3v) is 4.67. The lowest BCUT2D eigenvalue weighted by Crippen LogP contribution is -2.34. The number of hydrogen-bond acceptors (Lipinski definition) is 3. The molecule has 21 heavy (non-hydrogen) atoms. The van der Waals surface area contributed by atoms with Crippen LogP contribution in [-0.2, 0) is 6.54 Å². The molecule has 0 aliphatic carbocycles. The van der Waals surface area contributed by atoms with Crippen LogP contribution in [0.1, 0.15) is 31.7 Å². The predicted octanol–water partition coefficient (Wildman–Crippen LogP) is 3.58.